The number of ether oxygens (including phenoxy) is 1. The summed E-state index contributed by atoms with van der Waals surface area (Å²) in [5, 5.41) is 11.3. The first-order valence-electron chi connectivity index (χ1n) is 4.48. The molecule has 0 aliphatic rings. The van der Waals surface area contributed by atoms with Crippen LogP contribution in [0, 0.1) is 17.0 Å². The molecule has 0 aliphatic carbocycles. The summed E-state index contributed by atoms with van der Waals surface area (Å²) in [5.74, 6) is 0.650. The van der Waals surface area contributed by atoms with Crippen molar-refractivity contribution >= 4 is 28.8 Å². The van der Waals surface area contributed by atoms with Crippen LogP contribution in [-0.2, 0) is 0 Å². The van der Waals surface area contributed by atoms with Gasteiger partial charge in [-0.2, -0.15) is 9.36 Å². The number of nitro groups is 1. The third-order valence-electron chi connectivity index (χ3n) is 1.82. The Morgan fingerprint density at radius 1 is 1.53 bits per heavy atom. The van der Waals surface area contributed by atoms with E-state index in [0.717, 1.165) is 11.5 Å². The van der Waals surface area contributed by atoms with Gasteiger partial charge in [-0.05, 0) is 19.1 Å². The monoisotopic (exact) mass is 271 g/mol. The van der Waals surface area contributed by atoms with E-state index in [1.165, 1.54) is 18.2 Å². The van der Waals surface area contributed by atoms with Crippen LogP contribution in [0.5, 0.6) is 10.9 Å². The average molecular weight is 272 g/mol. The topological polar surface area (TPSA) is 78.2 Å². The van der Waals surface area contributed by atoms with Crippen molar-refractivity contribution in [3.8, 4) is 10.9 Å². The molecule has 88 valence electrons. The summed E-state index contributed by atoms with van der Waals surface area (Å²) in [6.07, 6.45) is 0. The van der Waals surface area contributed by atoms with Crippen LogP contribution in [-0.4, -0.2) is 14.3 Å². The molecular weight excluding hydrogens is 266 g/mol. The van der Waals surface area contributed by atoms with Gasteiger partial charge in [0.1, 0.15) is 5.82 Å². The molecule has 0 bridgehead atoms. The summed E-state index contributed by atoms with van der Waals surface area (Å²) in [5.41, 5.74) is -0.203. The van der Waals surface area contributed by atoms with Crippen molar-refractivity contribution in [3.63, 3.8) is 0 Å². The van der Waals surface area contributed by atoms with E-state index in [1.807, 2.05) is 0 Å². The van der Waals surface area contributed by atoms with Gasteiger partial charge < -0.3 is 4.74 Å². The van der Waals surface area contributed by atoms with Gasteiger partial charge in [-0.25, -0.2) is 0 Å². The first-order valence-corrected chi connectivity index (χ1v) is 5.63. The molecule has 0 saturated carbocycles. The van der Waals surface area contributed by atoms with Crippen molar-refractivity contribution in [2.75, 3.05) is 0 Å². The molecule has 17 heavy (non-hydrogen) atoms. The highest BCUT2D eigenvalue weighted by molar-refractivity contribution is 7.07. The molecule has 0 aliphatic heterocycles. The zero-order valence-corrected chi connectivity index (χ0v) is 10.2. The van der Waals surface area contributed by atoms with E-state index in [2.05, 4.69) is 9.36 Å². The molecule has 8 heteroatoms. The first-order chi connectivity index (χ1) is 8.06. The Hall–Kier alpha value is -1.73. The Balaban J connectivity index is 2.35. The highest BCUT2D eigenvalue weighted by Gasteiger charge is 2.17. The van der Waals surface area contributed by atoms with Crippen molar-refractivity contribution in [1.82, 2.24) is 9.36 Å². The number of nitro benzene ring substituents is 1. The number of halogens is 1. The Bertz CT molecular complexity index is 572. The maximum atomic E-state index is 10.8. The number of aryl methyl sites for hydroxylation is 1. The van der Waals surface area contributed by atoms with Crippen LogP contribution < -0.4 is 4.74 Å². The van der Waals surface area contributed by atoms with Gasteiger partial charge in [0, 0.05) is 22.6 Å². The van der Waals surface area contributed by atoms with Gasteiger partial charge in [0.2, 0.25) is 5.75 Å². The molecule has 0 saturated heterocycles. The van der Waals surface area contributed by atoms with Crippen molar-refractivity contribution in [1.29, 1.82) is 0 Å². The second-order valence-electron chi connectivity index (χ2n) is 3.08. The second kappa shape index (κ2) is 4.64. The van der Waals surface area contributed by atoms with Gasteiger partial charge in [-0.1, -0.05) is 11.6 Å². The van der Waals surface area contributed by atoms with Crippen molar-refractivity contribution in [2.24, 2.45) is 0 Å². The largest absolute Gasteiger partial charge is 0.422 e. The van der Waals surface area contributed by atoms with Gasteiger partial charge in [-0.3, -0.25) is 10.1 Å². The molecule has 2 aromatic rings. The number of hydrogen-bond donors (Lipinski definition) is 0. The summed E-state index contributed by atoms with van der Waals surface area (Å²) < 4.78 is 9.21. The zero-order chi connectivity index (χ0) is 12.4. The van der Waals surface area contributed by atoms with E-state index in [4.69, 9.17) is 16.3 Å². The van der Waals surface area contributed by atoms with E-state index >= 15 is 0 Å². The molecule has 0 unspecified atom stereocenters. The van der Waals surface area contributed by atoms with Crippen LogP contribution in [0.4, 0.5) is 5.69 Å². The van der Waals surface area contributed by atoms with E-state index in [1.54, 1.807) is 6.92 Å². The summed E-state index contributed by atoms with van der Waals surface area (Å²) in [6.45, 7) is 1.71. The van der Waals surface area contributed by atoms with Crippen molar-refractivity contribution in [3.05, 3.63) is 39.2 Å². The summed E-state index contributed by atoms with van der Waals surface area (Å²) in [6, 6.07) is 4.17. The Morgan fingerprint density at radius 3 is 2.88 bits per heavy atom. The molecule has 1 heterocycles. The first kappa shape index (κ1) is 11.7. The van der Waals surface area contributed by atoms with Gasteiger partial charge >= 0.3 is 5.69 Å². The molecule has 6 nitrogen and oxygen atoms in total. The summed E-state index contributed by atoms with van der Waals surface area (Å²) >= 11 is 6.71. The van der Waals surface area contributed by atoms with Gasteiger partial charge in [-0.15, -0.1) is 0 Å². The van der Waals surface area contributed by atoms with Gasteiger partial charge in [0.25, 0.3) is 5.19 Å². The maximum absolute atomic E-state index is 10.8. The predicted molar refractivity (Wildman–Crippen MR) is 62.8 cm³/mol. The molecule has 0 N–H and O–H groups in total. The molecule has 0 atom stereocenters. The van der Waals surface area contributed by atoms with Crippen LogP contribution in [0.1, 0.15) is 5.82 Å². The predicted octanol–water partition coefficient (Wildman–Crippen LogP) is 3.20. The minimum atomic E-state index is -0.560. The normalized spacial score (nSPS) is 10.2. The molecule has 0 amide bonds. The quantitative estimate of drug-likeness (QED) is 0.633. The van der Waals surface area contributed by atoms with E-state index in [-0.39, 0.29) is 21.7 Å². The highest BCUT2D eigenvalue weighted by atomic mass is 35.5. The molecule has 1 aromatic carbocycles. The molecule has 0 spiro atoms. The molecule has 2 rings (SSSR count). The average Bonchev–Trinajstić information content (AvgIpc) is 2.66. The van der Waals surface area contributed by atoms with Crippen LogP contribution in [0.3, 0.4) is 0 Å². The number of nitrogens with zero attached hydrogens (tertiary/aromatic N) is 3. The van der Waals surface area contributed by atoms with Gasteiger partial charge in [0.05, 0.1) is 4.92 Å². The highest BCUT2D eigenvalue weighted by Crippen LogP contribution is 2.33. The van der Waals surface area contributed by atoms with E-state index < -0.39 is 4.92 Å². The number of aromatic nitrogens is 2. The standard InChI is InChI=1S/C9H6ClN3O3S/c1-5-11-9(17-12-5)16-8-3-2-6(10)4-7(8)13(14)15/h2-4H,1H3. The van der Waals surface area contributed by atoms with Crippen molar-refractivity contribution < 1.29 is 9.66 Å². The van der Waals surface area contributed by atoms with Crippen LogP contribution >= 0.6 is 23.1 Å². The fraction of sp³-hybridized carbons (Fsp3) is 0.111. The fourth-order valence-corrected chi connectivity index (χ4v) is 1.85. The Labute approximate surface area is 105 Å². The van der Waals surface area contributed by atoms with Crippen molar-refractivity contribution in [2.45, 2.75) is 6.92 Å². The lowest BCUT2D eigenvalue weighted by Crippen LogP contribution is -1.93. The lowest BCUT2D eigenvalue weighted by atomic mass is 10.3. The number of rotatable bonds is 3. The summed E-state index contributed by atoms with van der Waals surface area (Å²) in [7, 11) is 0. The third-order valence-corrected chi connectivity index (χ3v) is 2.75. The van der Waals surface area contributed by atoms with Crippen LogP contribution in [0.25, 0.3) is 0 Å². The third kappa shape index (κ3) is 2.69. The van der Waals surface area contributed by atoms with Crippen LogP contribution in [0.15, 0.2) is 18.2 Å². The van der Waals surface area contributed by atoms with Crippen LogP contribution in [0.2, 0.25) is 5.02 Å². The minimum Gasteiger partial charge on any atom is -0.422 e. The Kier molecular flexibility index (Phi) is 3.21. The van der Waals surface area contributed by atoms with E-state index in [0.29, 0.717) is 5.82 Å². The zero-order valence-electron chi connectivity index (χ0n) is 8.58. The second-order valence-corrected chi connectivity index (χ2v) is 4.23. The lowest BCUT2D eigenvalue weighted by molar-refractivity contribution is -0.385. The lowest BCUT2D eigenvalue weighted by Gasteiger charge is -2.02. The molecular formula is C9H6ClN3O3S. The number of benzene rings is 1. The smallest absolute Gasteiger partial charge is 0.313 e. The number of hydrogen-bond acceptors (Lipinski definition) is 6. The Morgan fingerprint density at radius 2 is 2.29 bits per heavy atom. The fourth-order valence-electron chi connectivity index (χ4n) is 1.13. The SMILES string of the molecule is Cc1nsc(Oc2ccc(Cl)cc2[N+](=O)[O-])n1. The van der Waals surface area contributed by atoms with E-state index in [9.17, 15) is 10.1 Å². The molecule has 0 fully saturated rings. The maximum Gasteiger partial charge on any atom is 0.313 e. The summed E-state index contributed by atoms with van der Waals surface area (Å²) in [4.78, 5) is 14.2. The molecule has 1 aromatic heterocycles. The minimum absolute atomic E-state index is 0.0931. The molecule has 0 radical (unpaired) electrons. The van der Waals surface area contributed by atoms with Gasteiger partial charge in [0.15, 0.2) is 0 Å².